The van der Waals surface area contributed by atoms with Gasteiger partial charge in [0.1, 0.15) is 11.1 Å². The van der Waals surface area contributed by atoms with E-state index in [1.54, 1.807) is 35.8 Å². The Bertz CT molecular complexity index is 772. The summed E-state index contributed by atoms with van der Waals surface area (Å²) >= 11 is 1.59. The van der Waals surface area contributed by atoms with Crippen LogP contribution in [0.4, 0.5) is 5.00 Å². The Balaban J connectivity index is 1.97. The highest BCUT2D eigenvalue weighted by Crippen LogP contribution is 2.39. The minimum Gasteiger partial charge on any atom is -0.504 e. The van der Waals surface area contributed by atoms with Crippen molar-refractivity contribution in [2.75, 3.05) is 7.11 Å². The molecule has 1 aliphatic carbocycles. The van der Waals surface area contributed by atoms with E-state index in [1.807, 2.05) is 0 Å². The molecule has 1 aliphatic rings. The molecule has 2 aromatic rings. The zero-order valence-electron chi connectivity index (χ0n) is 12.3. The van der Waals surface area contributed by atoms with Crippen molar-refractivity contribution in [3.8, 4) is 17.6 Å². The third-order valence-corrected chi connectivity index (χ3v) is 5.04. The van der Waals surface area contributed by atoms with Gasteiger partial charge in [-0.2, -0.15) is 5.26 Å². The van der Waals surface area contributed by atoms with Crippen LogP contribution in [0.1, 0.15) is 34.4 Å². The Hall–Kier alpha value is -2.32. The second-order valence-electron chi connectivity index (χ2n) is 5.16. The molecule has 0 bridgehead atoms. The van der Waals surface area contributed by atoms with E-state index in [2.05, 4.69) is 11.1 Å². The number of fused-ring (bicyclic) bond motifs is 1. The highest BCUT2D eigenvalue weighted by molar-refractivity contribution is 7.16. The van der Waals surface area contributed by atoms with Crippen LogP contribution in [-0.4, -0.2) is 18.4 Å². The Morgan fingerprint density at radius 2 is 2.18 bits per heavy atom. The van der Waals surface area contributed by atoms with Gasteiger partial charge in [0.05, 0.1) is 12.7 Å². The van der Waals surface area contributed by atoms with Gasteiger partial charge in [-0.1, -0.05) is 6.07 Å². The molecular weight excluding hydrogens is 296 g/mol. The molecule has 0 spiro atoms. The first-order valence-electron chi connectivity index (χ1n) is 7.19. The standard InChI is InChI=1S/C17H16N2O2S/c1-21-14-7-4-5-11(16(14)20)10-19-17-13(9-18)12-6-2-3-8-15(12)22-17/h4-5,7,10,20H,2-3,6,8H2,1H3/b19-10+. The van der Waals surface area contributed by atoms with Crippen LogP contribution in [0.3, 0.4) is 0 Å². The molecule has 0 amide bonds. The van der Waals surface area contributed by atoms with E-state index in [0.717, 1.165) is 24.3 Å². The molecule has 4 nitrogen and oxygen atoms in total. The molecule has 22 heavy (non-hydrogen) atoms. The fraction of sp³-hybridized carbons (Fsp3) is 0.294. The smallest absolute Gasteiger partial charge is 0.166 e. The third kappa shape index (κ3) is 2.58. The SMILES string of the molecule is COc1cccc(/C=N/c2sc3c(c2C#N)CCCC3)c1O. The molecule has 1 aromatic heterocycles. The number of ether oxygens (including phenoxy) is 1. The molecule has 5 heteroatoms. The predicted octanol–water partition coefficient (Wildman–Crippen LogP) is 3.96. The summed E-state index contributed by atoms with van der Waals surface area (Å²) in [6.07, 6.45) is 5.91. The van der Waals surface area contributed by atoms with Gasteiger partial charge in [0, 0.05) is 16.7 Å². The third-order valence-electron chi connectivity index (χ3n) is 3.84. The lowest BCUT2D eigenvalue weighted by Gasteiger charge is -2.09. The number of phenols is 1. The number of para-hydroxylation sites is 1. The van der Waals surface area contributed by atoms with E-state index in [4.69, 9.17) is 4.74 Å². The van der Waals surface area contributed by atoms with E-state index < -0.39 is 0 Å². The Kier molecular flexibility index (Phi) is 4.12. The van der Waals surface area contributed by atoms with Crippen molar-refractivity contribution >= 4 is 22.6 Å². The van der Waals surface area contributed by atoms with Crippen LogP contribution in [0.5, 0.6) is 11.5 Å². The highest BCUT2D eigenvalue weighted by atomic mass is 32.1. The summed E-state index contributed by atoms with van der Waals surface area (Å²) in [5, 5.41) is 20.2. The summed E-state index contributed by atoms with van der Waals surface area (Å²) in [5.74, 6) is 0.475. The topological polar surface area (TPSA) is 65.6 Å². The maximum absolute atomic E-state index is 10.1. The molecule has 0 saturated heterocycles. The van der Waals surface area contributed by atoms with Gasteiger partial charge in [-0.05, 0) is 43.4 Å². The maximum atomic E-state index is 10.1. The number of aryl methyl sites for hydroxylation is 1. The van der Waals surface area contributed by atoms with Crippen LogP contribution in [0.25, 0.3) is 0 Å². The molecule has 0 radical (unpaired) electrons. The van der Waals surface area contributed by atoms with Crippen molar-refractivity contribution < 1.29 is 9.84 Å². The summed E-state index contributed by atoms with van der Waals surface area (Å²) in [4.78, 5) is 5.73. The Labute approximate surface area is 133 Å². The summed E-state index contributed by atoms with van der Waals surface area (Å²) in [6, 6.07) is 7.54. The largest absolute Gasteiger partial charge is 0.504 e. The first-order chi connectivity index (χ1) is 10.7. The molecule has 0 unspecified atom stereocenters. The van der Waals surface area contributed by atoms with E-state index in [1.165, 1.54) is 24.0 Å². The van der Waals surface area contributed by atoms with Crippen LogP contribution in [0.2, 0.25) is 0 Å². The number of aromatic hydroxyl groups is 1. The normalized spacial score (nSPS) is 13.8. The Morgan fingerprint density at radius 3 is 2.95 bits per heavy atom. The molecule has 112 valence electrons. The number of methoxy groups -OCH3 is 1. The maximum Gasteiger partial charge on any atom is 0.166 e. The van der Waals surface area contributed by atoms with Crippen LogP contribution in [0.15, 0.2) is 23.2 Å². The molecule has 0 atom stereocenters. The number of aliphatic imine (C=N–C) groups is 1. The van der Waals surface area contributed by atoms with Crippen LogP contribution < -0.4 is 4.74 Å². The lowest BCUT2D eigenvalue weighted by Crippen LogP contribution is -1.99. The van der Waals surface area contributed by atoms with Gasteiger partial charge in [0.15, 0.2) is 11.5 Å². The molecule has 3 rings (SSSR count). The van der Waals surface area contributed by atoms with Crippen molar-refractivity contribution in [3.63, 3.8) is 0 Å². The van der Waals surface area contributed by atoms with Gasteiger partial charge in [0.2, 0.25) is 0 Å². The summed E-state index contributed by atoms with van der Waals surface area (Å²) in [5.41, 5.74) is 2.44. The number of nitrogens with zero attached hydrogens (tertiary/aromatic N) is 2. The minimum atomic E-state index is 0.0635. The van der Waals surface area contributed by atoms with Gasteiger partial charge < -0.3 is 9.84 Å². The molecule has 1 heterocycles. The van der Waals surface area contributed by atoms with E-state index in [-0.39, 0.29) is 5.75 Å². The van der Waals surface area contributed by atoms with E-state index >= 15 is 0 Å². The Morgan fingerprint density at radius 1 is 1.36 bits per heavy atom. The molecule has 1 aromatic carbocycles. The molecule has 0 aliphatic heterocycles. The van der Waals surface area contributed by atoms with Crippen molar-refractivity contribution in [1.82, 2.24) is 0 Å². The fourth-order valence-corrected chi connectivity index (χ4v) is 3.88. The average Bonchev–Trinajstić information content (AvgIpc) is 2.91. The number of benzene rings is 1. The molecule has 1 N–H and O–H groups in total. The number of nitriles is 1. The van der Waals surface area contributed by atoms with Crippen LogP contribution in [0, 0.1) is 11.3 Å². The van der Waals surface area contributed by atoms with E-state index in [9.17, 15) is 10.4 Å². The zero-order chi connectivity index (χ0) is 15.5. The first-order valence-corrected chi connectivity index (χ1v) is 8.01. The summed E-state index contributed by atoms with van der Waals surface area (Å²) in [7, 11) is 1.51. The number of rotatable bonds is 3. The number of phenolic OH excluding ortho intramolecular Hbond substituents is 1. The molecule has 0 saturated carbocycles. The summed E-state index contributed by atoms with van der Waals surface area (Å²) < 4.78 is 5.09. The second-order valence-corrected chi connectivity index (χ2v) is 6.24. The number of hydrogen-bond donors (Lipinski definition) is 1. The number of thiophene rings is 1. The lowest BCUT2D eigenvalue weighted by atomic mass is 9.96. The zero-order valence-corrected chi connectivity index (χ0v) is 13.1. The van der Waals surface area contributed by atoms with Crippen LogP contribution in [-0.2, 0) is 12.8 Å². The van der Waals surface area contributed by atoms with Crippen LogP contribution >= 0.6 is 11.3 Å². The van der Waals surface area contributed by atoms with Gasteiger partial charge in [-0.3, -0.25) is 0 Å². The quantitative estimate of drug-likeness (QED) is 0.872. The van der Waals surface area contributed by atoms with Gasteiger partial charge in [-0.15, -0.1) is 11.3 Å². The van der Waals surface area contributed by atoms with Crippen molar-refractivity contribution in [3.05, 3.63) is 39.8 Å². The first kappa shape index (κ1) is 14.6. The predicted molar refractivity (Wildman–Crippen MR) is 87.6 cm³/mol. The number of hydrogen-bond acceptors (Lipinski definition) is 5. The van der Waals surface area contributed by atoms with Crippen molar-refractivity contribution in [2.45, 2.75) is 25.7 Å². The lowest BCUT2D eigenvalue weighted by molar-refractivity contribution is 0.373. The molecule has 0 fully saturated rings. The second kappa shape index (κ2) is 6.20. The average molecular weight is 312 g/mol. The highest BCUT2D eigenvalue weighted by Gasteiger charge is 2.20. The summed E-state index contributed by atoms with van der Waals surface area (Å²) in [6.45, 7) is 0. The van der Waals surface area contributed by atoms with Crippen molar-refractivity contribution in [2.24, 2.45) is 4.99 Å². The minimum absolute atomic E-state index is 0.0635. The monoisotopic (exact) mass is 312 g/mol. The molecular formula is C17H16N2O2S. The van der Waals surface area contributed by atoms with Crippen molar-refractivity contribution in [1.29, 1.82) is 5.26 Å². The van der Waals surface area contributed by atoms with Gasteiger partial charge >= 0.3 is 0 Å². The van der Waals surface area contributed by atoms with Gasteiger partial charge in [-0.25, -0.2) is 4.99 Å². The van der Waals surface area contributed by atoms with Gasteiger partial charge in [0.25, 0.3) is 0 Å². The van der Waals surface area contributed by atoms with E-state index in [0.29, 0.717) is 16.9 Å². The fourth-order valence-electron chi connectivity index (χ4n) is 2.69.